The van der Waals surface area contributed by atoms with Crippen LogP contribution in [0.25, 0.3) is 0 Å². The van der Waals surface area contributed by atoms with Gasteiger partial charge in [0.05, 0.1) is 11.6 Å². The van der Waals surface area contributed by atoms with Gasteiger partial charge in [-0.25, -0.2) is 4.79 Å². The fourth-order valence-corrected chi connectivity index (χ4v) is 2.31. The minimum atomic E-state index is -0.727. The zero-order valence-electron chi connectivity index (χ0n) is 13.8. The van der Waals surface area contributed by atoms with Crippen molar-refractivity contribution in [1.29, 1.82) is 0 Å². The molecule has 1 atom stereocenters. The lowest BCUT2D eigenvalue weighted by Crippen LogP contribution is -2.27. The first-order valence-corrected chi connectivity index (χ1v) is 8.30. The Bertz CT molecular complexity index is 703. The maximum Gasteiger partial charge on any atom is 0.347 e. The van der Waals surface area contributed by atoms with Gasteiger partial charge in [-0.15, -0.1) is 0 Å². The van der Waals surface area contributed by atoms with Crippen molar-refractivity contribution in [3.05, 3.63) is 52.5 Å². The average molecular weight is 385 g/mol. The van der Waals surface area contributed by atoms with Crippen molar-refractivity contribution in [3.63, 3.8) is 0 Å². The van der Waals surface area contributed by atoms with Crippen LogP contribution >= 0.6 is 23.2 Å². The molecule has 0 heterocycles. The number of carbonyl (C=O) groups is 1. The van der Waals surface area contributed by atoms with Crippen LogP contribution in [0.4, 0.5) is 0 Å². The van der Waals surface area contributed by atoms with Gasteiger partial charge in [0.15, 0.2) is 6.10 Å². The third-order valence-electron chi connectivity index (χ3n) is 3.12. The molecule has 2 aromatic rings. The van der Waals surface area contributed by atoms with Gasteiger partial charge in [0.2, 0.25) is 0 Å². The van der Waals surface area contributed by atoms with E-state index in [0.29, 0.717) is 33.9 Å². The van der Waals surface area contributed by atoms with Gasteiger partial charge in [-0.2, -0.15) is 0 Å². The zero-order chi connectivity index (χ0) is 18.2. The number of ether oxygens (including phenoxy) is 4. The highest BCUT2D eigenvalue weighted by Gasteiger charge is 2.16. The number of carbonyl (C=O) groups excluding carboxylic acids is 1. The first-order chi connectivity index (χ1) is 12.0. The molecular weight excluding hydrogens is 367 g/mol. The molecule has 25 heavy (non-hydrogen) atoms. The summed E-state index contributed by atoms with van der Waals surface area (Å²) in [5.41, 5.74) is 0. The quantitative estimate of drug-likeness (QED) is 0.485. The molecule has 0 spiro atoms. The van der Waals surface area contributed by atoms with Crippen molar-refractivity contribution in [2.75, 3.05) is 20.3 Å². The minimum absolute atomic E-state index is 0.192. The summed E-state index contributed by atoms with van der Waals surface area (Å²) in [4.78, 5) is 11.7. The van der Waals surface area contributed by atoms with Gasteiger partial charge in [0, 0.05) is 12.1 Å². The SMILES string of the molecule is COCCOC(=O)[C@@H](C)Oc1ccc(Oc2ccc(Cl)cc2Cl)cc1. The maximum atomic E-state index is 11.7. The number of hydrogen-bond acceptors (Lipinski definition) is 5. The van der Waals surface area contributed by atoms with Gasteiger partial charge < -0.3 is 18.9 Å². The molecule has 0 amide bonds. The number of esters is 1. The average Bonchev–Trinajstić information content (AvgIpc) is 2.59. The maximum absolute atomic E-state index is 11.7. The van der Waals surface area contributed by atoms with Crippen LogP contribution < -0.4 is 9.47 Å². The molecule has 0 saturated heterocycles. The Kier molecular flexibility index (Phi) is 7.37. The van der Waals surface area contributed by atoms with Gasteiger partial charge in [0.25, 0.3) is 0 Å². The van der Waals surface area contributed by atoms with Crippen molar-refractivity contribution in [1.82, 2.24) is 0 Å². The molecule has 2 aromatic carbocycles. The van der Waals surface area contributed by atoms with Crippen LogP contribution in [-0.4, -0.2) is 32.4 Å². The molecule has 2 rings (SSSR count). The predicted octanol–water partition coefficient (Wildman–Crippen LogP) is 4.74. The number of rotatable bonds is 8. The van der Waals surface area contributed by atoms with E-state index in [0.717, 1.165) is 0 Å². The molecule has 7 heteroatoms. The van der Waals surface area contributed by atoms with E-state index in [1.807, 2.05) is 0 Å². The van der Waals surface area contributed by atoms with E-state index in [1.54, 1.807) is 49.4 Å². The van der Waals surface area contributed by atoms with Gasteiger partial charge in [-0.05, 0) is 49.4 Å². The van der Waals surface area contributed by atoms with E-state index in [-0.39, 0.29) is 6.61 Å². The van der Waals surface area contributed by atoms with Crippen LogP contribution in [0.3, 0.4) is 0 Å². The molecule has 0 aromatic heterocycles. The Morgan fingerprint density at radius 2 is 1.72 bits per heavy atom. The van der Waals surface area contributed by atoms with Gasteiger partial charge in [0.1, 0.15) is 23.9 Å². The third kappa shape index (κ3) is 6.12. The van der Waals surface area contributed by atoms with Gasteiger partial charge in [-0.1, -0.05) is 23.2 Å². The number of benzene rings is 2. The summed E-state index contributed by atoms with van der Waals surface area (Å²) in [5, 5.41) is 0.952. The van der Waals surface area contributed by atoms with Crippen molar-refractivity contribution in [2.24, 2.45) is 0 Å². The summed E-state index contributed by atoms with van der Waals surface area (Å²) in [5.74, 6) is 1.14. The zero-order valence-corrected chi connectivity index (χ0v) is 15.3. The van der Waals surface area contributed by atoms with E-state index < -0.39 is 12.1 Å². The molecule has 0 radical (unpaired) electrons. The summed E-state index contributed by atoms with van der Waals surface area (Å²) in [6, 6.07) is 11.8. The van der Waals surface area contributed by atoms with Crippen molar-refractivity contribution < 1.29 is 23.7 Å². The summed E-state index contributed by atoms with van der Waals surface area (Å²) >= 11 is 11.9. The molecule has 0 aliphatic heterocycles. The van der Waals surface area contributed by atoms with Crippen LogP contribution in [0.15, 0.2) is 42.5 Å². The van der Waals surface area contributed by atoms with E-state index in [4.69, 9.17) is 42.1 Å². The van der Waals surface area contributed by atoms with E-state index in [1.165, 1.54) is 7.11 Å². The molecular formula is C18H18Cl2O5. The first kappa shape index (κ1) is 19.4. The van der Waals surface area contributed by atoms with E-state index >= 15 is 0 Å². The van der Waals surface area contributed by atoms with Crippen LogP contribution in [-0.2, 0) is 14.3 Å². The fourth-order valence-electron chi connectivity index (χ4n) is 1.87. The number of halogens is 2. The first-order valence-electron chi connectivity index (χ1n) is 7.55. The second-order valence-corrected chi connectivity index (χ2v) is 5.91. The van der Waals surface area contributed by atoms with Gasteiger partial charge in [-0.3, -0.25) is 0 Å². The summed E-state index contributed by atoms with van der Waals surface area (Å²) in [6.07, 6.45) is -0.727. The van der Waals surface area contributed by atoms with Crippen molar-refractivity contribution in [2.45, 2.75) is 13.0 Å². The second kappa shape index (κ2) is 9.51. The summed E-state index contributed by atoms with van der Waals surface area (Å²) in [6.45, 7) is 2.16. The Morgan fingerprint density at radius 1 is 1.04 bits per heavy atom. The largest absolute Gasteiger partial charge is 0.479 e. The number of methoxy groups -OCH3 is 1. The highest BCUT2D eigenvalue weighted by atomic mass is 35.5. The molecule has 0 fully saturated rings. The molecule has 5 nitrogen and oxygen atoms in total. The molecule has 0 N–H and O–H groups in total. The highest BCUT2D eigenvalue weighted by Crippen LogP contribution is 2.32. The van der Waals surface area contributed by atoms with Crippen LogP contribution in [0, 0.1) is 0 Å². The van der Waals surface area contributed by atoms with Crippen LogP contribution in [0.5, 0.6) is 17.2 Å². The number of hydrogen-bond donors (Lipinski definition) is 0. The van der Waals surface area contributed by atoms with E-state index in [2.05, 4.69) is 0 Å². The standard InChI is InChI=1S/C18H18Cl2O5/c1-12(18(21)23-10-9-22-2)24-14-4-6-15(7-5-14)25-17-8-3-13(19)11-16(17)20/h3-8,11-12H,9-10H2,1-2H3/t12-/m1/s1. The second-order valence-electron chi connectivity index (χ2n) is 5.07. The Labute approximate surface area is 156 Å². The van der Waals surface area contributed by atoms with Crippen LogP contribution in [0.1, 0.15) is 6.92 Å². The third-order valence-corrected chi connectivity index (χ3v) is 3.65. The Morgan fingerprint density at radius 3 is 2.36 bits per heavy atom. The molecule has 0 aliphatic carbocycles. The molecule has 134 valence electrons. The lowest BCUT2D eigenvalue weighted by Gasteiger charge is -2.14. The van der Waals surface area contributed by atoms with Gasteiger partial charge >= 0.3 is 5.97 Å². The summed E-state index contributed by atoms with van der Waals surface area (Å²) < 4.78 is 21.0. The van der Waals surface area contributed by atoms with Crippen LogP contribution in [0.2, 0.25) is 10.0 Å². The topological polar surface area (TPSA) is 54.0 Å². The molecule has 0 saturated carbocycles. The minimum Gasteiger partial charge on any atom is -0.479 e. The Hall–Kier alpha value is -1.95. The monoisotopic (exact) mass is 384 g/mol. The molecule has 0 aliphatic rings. The van der Waals surface area contributed by atoms with Crippen molar-refractivity contribution in [3.8, 4) is 17.2 Å². The van der Waals surface area contributed by atoms with Crippen molar-refractivity contribution >= 4 is 29.2 Å². The predicted molar refractivity (Wildman–Crippen MR) is 95.9 cm³/mol. The molecule has 0 unspecified atom stereocenters. The Balaban J connectivity index is 1.92. The highest BCUT2D eigenvalue weighted by molar-refractivity contribution is 6.35. The smallest absolute Gasteiger partial charge is 0.347 e. The fraction of sp³-hybridized carbons (Fsp3) is 0.278. The molecule has 0 bridgehead atoms. The lowest BCUT2D eigenvalue weighted by atomic mass is 10.3. The normalized spacial score (nSPS) is 11.7. The summed E-state index contributed by atoms with van der Waals surface area (Å²) in [7, 11) is 1.54. The van der Waals surface area contributed by atoms with E-state index in [9.17, 15) is 4.79 Å². The lowest BCUT2D eigenvalue weighted by molar-refractivity contribution is -0.152.